The van der Waals surface area contributed by atoms with Gasteiger partial charge in [0.1, 0.15) is 5.82 Å². The maximum atomic E-state index is 12.8. The molecular weight excluding hydrogens is 326 g/mol. The highest BCUT2D eigenvalue weighted by molar-refractivity contribution is 5.94. The Balaban J connectivity index is 1.50. The zero-order chi connectivity index (χ0) is 17.8. The Morgan fingerprint density at radius 1 is 1.04 bits per heavy atom. The van der Waals surface area contributed by atoms with E-state index >= 15 is 0 Å². The number of nitrogens with zero attached hydrogens (tertiary/aromatic N) is 5. The van der Waals surface area contributed by atoms with E-state index in [1.165, 1.54) is 5.56 Å². The predicted octanol–water partition coefficient (Wildman–Crippen LogP) is 2.74. The minimum absolute atomic E-state index is 0.0735. The minimum Gasteiger partial charge on any atom is -0.338 e. The number of likely N-dealkylation sites (tertiary alicyclic amines) is 1. The second kappa shape index (κ2) is 7.47. The van der Waals surface area contributed by atoms with E-state index in [1.807, 2.05) is 41.8 Å². The van der Waals surface area contributed by atoms with Gasteiger partial charge in [-0.25, -0.2) is 4.98 Å². The molecule has 0 N–H and O–H groups in total. The molecule has 0 aromatic carbocycles. The van der Waals surface area contributed by atoms with Crippen LogP contribution in [-0.4, -0.2) is 43.4 Å². The Morgan fingerprint density at radius 3 is 2.54 bits per heavy atom. The van der Waals surface area contributed by atoms with E-state index in [0.717, 1.165) is 31.8 Å². The van der Waals surface area contributed by atoms with E-state index < -0.39 is 0 Å². The first-order valence-electron chi connectivity index (χ1n) is 8.90. The fraction of sp³-hybridized carbons (Fsp3) is 0.300. The number of amides is 1. The van der Waals surface area contributed by atoms with Crippen molar-refractivity contribution in [1.29, 1.82) is 0 Å². The molecule has 1 aliphatic rings. The van der Waals surface area contributed by atoms with Crippen LogP contribution in [0.3, 0.4) is 0 Å². The molecule has 1 saturated heterocycles. The van der Waals surface area contributed by atoms with Crippen LogP contribution in [-0.2, 0) is 6.54 Å². The Hall–Kier alpha value is -3.02. The lowest BCUT2D eigenvalue weighted by molar-refractivity contribution is 0.0703. The molecule has 0 radical (unpaired) electrons. The van der Waals surface area contributed by atoms with Gasteiger partial charge in [0.25, 0.3) is 5.91 Å². The molecule has 0 aliphatic carbocycles. The van der Waals surface area contributed by atoms with Gasteiger partial charge in [0.2, 0.25) is 0 Å². The summed E-state index contributed by atoms with van der Waals surface area (Å²) < 4.78 is 2.18. The van der Waals surface area contributed by atoms with Gasteiger partial charge in [-0.2, -0.15) is 0 Å². The SMILES string of the molecule is O=C(c1ccncc1)N1CCC[C@@H](c2nccn2Cc2ccncc2)C1. The van der Waals surface area contributed by atoms with E-state index in [2.05, 4.69) is 19.5 Å². The molecule has 6 heteroatoms. The van der Waals surface area contributed by atoms with Crippen LogP contribution in [0, 0.1) is 0 Å². The van der Waals surface area contributed by atoms with Crippen molar-refractivity contribution in [2.24, 2.45) is 0 Å². The van der Waals surface area contributed by atoms with Crippen molar-refractivity contribution in [2.75, 3.05) is 13.1 Å². The van der Waals surface area contributed by atoms with Crippen molar-refractivity contribution < 1.29 is 4.79 Å². The summed E-state index contributed by atoms with van der Waals surface area (Å²) in [5.41, 5.74) is 1.89. The molecule has 1 fully saturated rings. The van der Waals surface area contributed by atoms with Crippen molar-refractivity contribution in [1.82, 2.24) is 24.4 Å². The van der Waals surface area contributed by atoms with E-state index in [1.54, 1.807) is 24.5 Å². The van der Waals surface area contributed by atoms with Gasteiger partial charge in [-0.05, 0) is 42.7 Å². The largest absolute Gasteiger partial charge is 0.338 e. The molecule has 132 valence electrons. The molecule has 1 aliphatic heterocycles. The third kappa shape index (κ3) is 3.49. The summed E-state index contributed by atoms with van der Waals surface area (Å²) in [6.45, 7) is 2.27. The lowest BCUT2D eigenvalue weighted by atomic mass is 9.96. The summed E-state index contributed by atoms with van der Waals surface area (Å²) >= 11 is 0. The van der Waals surface area contributed by atoms with Crippen LogP contribution in [0.4, 0.5) is 0 Å². The van der Waals surface area contributed by atoms with Crippen LogP contribution in [0.15, 0.2) is 61.4 Å². The average molecular weight is 347 g/mol. The summed E-state index contributed by atoms with van der Waals surface area (Å²) in [4.78, 5) is 27.4. The number of hydrogen-bond acceptors (Lipinski definition) is 4. The molecule has 26 heavy (non-hydrogen) atoms. The third-order valence-electron chi connectivity index (χ3n) is 4.85. The molecular formula is C20H21N5O. The number of pyridine rings is 2. The number of hydrogen-bond donors (Lipinski definition) is 0. The molecule has 0 unspecified atom stereocenters. The van der Waals surface area contributed by atoms with Crippen LogP contribution in [0.1, 0.15) is 40.5 Å². The summed E-state index contributed by atoms with van der Waals surface area (Å²) in [6.07, 6.45) is 12.8. The van der Waals surface area contributed by atoms with Gasteiger partial charge in [0.05, 0.1) is 0 Å². The van der Waals surface area contributed by atoms with Crippen molar-refractivity contribution >= 4 is 5.91 Å². The van der Waals surface area contributed by atoms with E-state index in [-0.39, 0.29) is 11.8 Å². The second-order valence-corrected chi connectivity index (χ2v) is 6.60. The number of carbonyl (C=O) groups is 1. The Labute approximate surface area is 152 Å². The predicted molar refractivity (Wildman–Crippen MR) is 97.7 cm³/mol. The van der Waals surface area contributed by atoms with Gasteiger partial charge >= 0.3 is 0 Å². The molecule has 1 amide bonds. The molecule has 4 rings (SSSR count). The van der Waals surface area contributed by atoms with Crippen molar-refractivity contribution in [2.45, 2.75) is 25.3 Å². The van der Waals surface area contributed by atoms with Crippen LogP contribution in [0.5, 0.6) is 0 Å². The Kier molecular flexibility index (Phi) is 4.73. The standard InChI is InChI=1S/C20H21N5O/c26-20(17-5-9-22-10-6-17)25-12-1-2-18(15-25)19-23-11-13-24(19)14-16-3-7-21-8-4-16/h3-11,13,18H,1-2,12,14-15H2/t18-/m1/s1. The number of carbonyl (C=O) groups excluding carboxylic acids is 1. The van der Waals surface area contributed by atoms with E-state index in [0.29, 0.717) is 12.1 Å². The average Bonchev–Trinajstić information content (AvgIpc) is 3.17. The normalized spacial score (nSPS) is 17.2. The summed E-state index contributed by atoms with van der Waals surface area (Å²) in [5.74, 6) is 1.38. The lowest BCUT2D eigenvalue weighted by Gasteiger charge is -2.32. The molecule has 3 aromatic heterocycles. The highest BCUT2D eigenvalue weighted by Gasteiger charge is 2.28. The van der Waals surface area contributed by atoms with Gasteiger partial charge < -0.3 is 9.47 Å². The van der Waals surface area contributed by atoms with Crippen LogP contribution < -0.4 is 0 Å². The highest BCUT2D eigenvalue weighted by Crippen LogP contribution is 2.27. The first kappa shape index (κ1) is 16.4. The zero-order valence-corrected chi connectivity index (χ0v) is 14.5. The Morgan fingerprint density at radius 2 is 1.77 bits per heavy atom. The topological polar surface area (TPSA) is 63.9 Å². The van der Waals surface area contributed by atoms with Crippen molar-refractivity contribution in [3.05, 3.63) is 78.4 Å². The molecule has 6 nitrogen and oxygen atoms in total. The summed E-state index contributed by atoms with van der Waals surface area (Å²) in [5, 5.41) is 0. The van der Waals surface area contributed by atoms with Gasteiger partial charge in [-0.3, -0.25) is 14.8 Å². The fourth-order valence-corrected chi connectivity index (χ4v) is 3.55. The van der Waals surface area contributed by atoms with Crippen molar-refractivity contribution in [3.8, 4) is 0 Å². The molecule has 4 heterocycles. The van der Waals surface area contributed by atoms with Crippen LogP contribution in [0.25, 0.3) is 0 Å². The van der Waals surface area contributed by atoms with Crippen LogP contribution in [0.2, 0.25) is 0 Å². The highest BCUT2D eigenvalue weighted by atomic mass is 16.2. The fourth-order valence-electron chi connectivity index (χ4n) is 3.55. The summed E-state index contributed by atoms with van der Waals surface area (Å²) in [6, 6.07) is 7.58. The molecule has 0 spiro atoms. The maximum Gasteiger partial charge on any atom is 0.253 e. The molecule has 0 bridgehead atoms. The first-order chi connectivity index (χ1) is 12.8. The van der Waals surface area contributed by atoms with E-state index in [9.17, 15) is 4.79 Å². The maximum absolute atomic E-state index is 12.8. The van der Waals surface area contributed by atoms with Gasteiger partial charge in [-0.1, -0.05) is 0 Å². The Bertz CT molecular complexity index is 862. The third-order valence-corrected chi connectivity index (χ3v) is 4.85. The molecule has 0 saturated carbocycles. The van der Waals surface area contributed by atoms with E-state index in [4.69, 9.17) is 0 Å². The lowest BCUT2D eigenvalue weighted by Crippen LogP contribution is -2.39. The van der Waals surface area contributed by atoms with Gasteiger partial charge in [-0.15, -0.1) is 0 Å². The van der Waals surface area contributed by atoms with Crippen molar-refractivity contribution in [3.63, 3.8) is 0 Å². The number of piperidine rings is 1. The monoisotopic (exact) mass is 347 g/mol. The van der Waals surface area contributed by atoms with Crippen LogP contribution >= 0.6 is 0 Å². The molecule has 1 atom stereocenters. The quantitative estimate of drug-likeness (QED) is 0.728. The summed E-state index contributed by atoms with van der Waals surface area (Å²) in [7, 11) is 0. The smallest absolute Gasteiger partial charge is 0.253 e. The number of aromatic nitrogens is 4. The zero-order valence-electron chi connectivity index (χ0n) is 14.5. The van der Waals surface area contributed by atoms with Gasteiger partial charge in [0, 0.05) is 68.3 Å². The number of rotatable bonds is 4. The molecule has 3 aromatic rings. The van der Waals surface area contributed by atoms with Gasteiger partial charge in [0.15, 0.2) is 0 Å². The minimum atomic E-state index is 0.0735. The number of imidazole rings is 1. The first-order valence-corrected chi connectivity index (χ1v) is 8.90. The second-order valence-electron chi connectivity index (χ2n) is 6.60.